The minimum Gasteiger partial charge on any atom is -0.437 e. The SMILES string of the molecule is CNc1nc(C)cc(Oc2cccc3cccnc23)n1. The number of nitrogens with one attached hydrogen (secondary N) is 1. The molecule has 100 valence electrons. The van der Waals surface area contributed by atoms with Crippen LogP contribution in [0.15, 0.2) is 42.6 Å². The number of hydrogen-bond acceptors (Lipinski definition) is 5. The summed E-state index contributed by atoms with van der Waals surface area (Å²) in [5.41, 5.74) is 1.66. The van der Waals surface area contributed by atoms with Gasteiger partial charge in [-0.3, -0.25) is 4.98 Å². The quantitative estimate of drug-likeness (QED) is 0.789. The van der Waals surface area contributed by atoms with E-state index in [9.17, 15) is 0 Å². The fourth-order valence-electron chi connectivity index (χ4n) is 1.97. The number of benzene rings is 1. The fourth-order valence-corrected chi connectivity index (χ4v) is 1.97. The number of pyridine rings is 1. The average molecular weight is 266 g/mol. The summed E-state index contributed by atoms with van der Waals surface area (Å²) in [6.45, 7) is 1.90. The molecule has 0 spiro atoms. The standard InChI is InChI=1S/C15H14N4O/c1-10-9-13(19-15(16-2)18-10)20-12-7-3-5-11-6-4-8-17-14(11)12/h3-9H,1-2H3,(H,16,18,19). The Balaban J connectivity index is 2.03. The molecule has 0 amide bonds. The van der Waals surface area contributed by atoms with Crippen molar-refractivity contribution in [2.24, 2.45) is 0 Å². The molecule has 0 atom stereocenters. The Labute approximate surface area is 116 Å². The van der Waals surface area contributed by atoms with Crippen LogP contribution in [0, 0.1) is 6.92 Å². The van der Waals surface area contributed by atoms with E-state index in [-0.39, 0.29) is 0 Å². The molecule has 2 heterocycles. The molecule has 0 saturated carbocycles. The predicted octanol–water partition coefficient (Wildman–Crippen LogP) is 3.17. The Kier molecular flexibility index (Phi) is 3.16. The molecular weight excluding hydrogens is 252 g/mol. The molecule has 0 aliphatic heterocycles. The first-order valence-electron chi connectivity index (χ1n) is 6.31. The van der Waals surface area contributed by atoms with E-state index in [0.717, 1.165) is 16.6 Å². The first-order valence-corrected chi connectivity index (χ1v) is 6.31. The molecule has 0 bridgehead atoms. The lowest BCUT2D eigenvalue weighted by atomic mass is 10.2. The summed E-state index contributed by atoms with van der Waals surface area (Å²) in [5.74, 6) is 1.72. The number of fused-ring (bicyclic) bond motifs is 1. The number of ether oxygens (including phenoxy) is 1. The second-order valence-electron chi connectivity index (χ2n) is 4.35. The van der Waals surface area contributed by atoms with Gasteiger partial charge < -0.3 is 10.1 Å². The van der Waals surface area contributed by atoms with Gasteiger partial charge in [0.05, 0.1) is 0 Å². The van der Waals surface area contributed by atoms with E-state index in [0.29, 0.717) is 17.6 Å². The first kappa shape index (κ1) is 12.3. The van der Waals surface area contributed by atoms with Gasteiger partial charge in [-0.05, 0) is 19.1 Å². The zero-order valence-electron chi connectivity index (χ0n) is 11.3. The van der Waals surface area contributed by atoms with Crippen LogP contribution in [0.1, 0.15) is 5.69 Å². The van der Waals surface area contributed by atoms with Crippen molar-refractivity contribution < 1.29 is 4.74 Å². The number of aryl methyl sites for hydroxylation is 1. The van der Waals surface area contributed by atoms with Gasteiger partial charge in [0.15, 0.2) is 5.75 Å². The summed E-state index contributed by atoms with van der Waals surface area (Å²) < 4.78 is 5.86. The van der Waals surface area contributed by atoms with Crippen LogP contribution in [-0.4, -0.2) is 22.0 Å². The van der Waals surface area contributed by atoms with E-state index >= 15 is 0 Å². The van der Waals surface area contributed by atoms with Crippen molar-refractivity contribution in [3.8, 4) is 11.6 Å². The molecule has 0 fully saturated rings. The molecule has 1 N–H and O–H groups in total. The van der Waals surface area contributed by atoms with Crippen molar-refractivity contribution in [3.05, 3.63) is 48.3 Å². The van der Waals surface area contributed by atoms with Crippen molar-refractivity contribution in [3.63, 3.8) is 0 Å². The lowest BCUT2D eigenvalue weighted by Gasteiger charge is -2.09. The molecule has 20 heavy (non-hydrogen) atoms. The summed E-state index contributed by atoms with van der Waals surface area (Å²) in [6.07, 6.45) is 1.75. The lowest BCUT2D eigenvalue weighted by molar-refractivity contribution is 0.466. The number of aromatic nitrogens is 3. The summed E-state index contributed by atoms with van der Waals surface area (Å²) in [6, 6.07) is 11.5. The highest BCUT2D eigenvalue weighted by atomic mass is 16.5. The molecule has 5 heteroatoms. The summed E-state index contributed by atoms with van der Waals surface area (Å²) in [5, 5.41) is 3.95. The lowest BCUT2D eigenvalue weighted by Crippen LogP contribution is -2.00. The minimum atomic E-state index is 0.500. The maximum absolute atomic E-state index is 5.86. The van der Waals surface area contributed by atoms with Crippen LogP contribution < -0.4 is 10.1 Å². The van der Waals surface area contributed by atoms with E-state index in [2.05, 4.69) is 20.3 Å². The number of rotatable bonds is 3. The van der Waals surface area contributed by atoms with Crippen molar-refractivity contribution in [2.75, 3.05) is 12.4 Å². The third-order valence-corrected chi connectivity index (χ3v) is 2.86. The largest absolute Gasteiger partial charge is 0.437 e. The van der Waals surface area contributed by atoms with E-state index in [1.54, 1.807) is 19.3 Å². The van der Waals surface area contributed by atoms with Crippen LogP contribution in [0.2, 0.25) is 0 Å². The van der Waals surface area contributed by atoms with E-state index in [1.807, 2.05) is 37.3 Å². The Morgan fingerprint density at radius 1 is 1.10 bits per heavy atom. The molecular formula is C15H14N4O. The van der Waals surface area contributed by atoms with Crippen LogP contribution in [0.3, 0.4) is 0 Å². The van der Waals surface area contributed by atoms with Crippen molar-refractivity contribution >= 4 is 16.9 Å². The van der Waals surface area contributed by atoms with Gasteiger partial charge in [-0.25, -0.2) is 4.98 Å². The Hall–Kier alpha value is -2.69. The number of hydrogen-bond donors (Lipinski definition) is 1. The number of nitrogens with zero attached hydrogens (tertiary/aromatic N) is 3. The van der Waals surface area contributed by atoms with Gasteiger partial charge in [0.25, 0.3) is 0 Å². The van der Waals surface area contributed by atoms with Crippen LogP contribution in [0.4, 0.5) is 5.95 Å². The Morgan fingerprint density at radius 3 is 2.80 bits per heavy atom. The normalized spacial score (nSPS) is 10.5. The second kappa shape index (κ2) is 5.13. The van der Waals surface area contributed by atoms with Gasteiger partial charge in [0, 0.05) is 30.4 Å². The van der Waals surface area contributed by atoms with Crippen LogP contribution in [0.25, 0.3) is 10.9 Å². The maximum Gasteiger partial charge on any atom is 0.225 e. The summed E-state index contributed by atoms with van der Waals surface area (Å²) >= 11 is 0. The third kappa shape index (κ3) is 2.38. The molecule has 0 aliphatic carbocycles. The summed E-state index contributed by atoms with van der Waals surface area (Å²) in [4.78, 5) is 12.9. The minimum absolute atomic E-state index is 0.500. The molecule has 0 saturated heterocycles. The van der Waals surface area contributed by atoms with Crippen LogP contribution in [0.5, 0.6) is 11.6 Å². The van der Waals surface area contributed by atoms with Gasteiger partial charge in [-0.15, -0.1) is 0 Å². The van der Waals surface area contributed by atoms with Gasteiger partial charge in [0.1, 0.15) is 5.52 Å². The molecule has 0 unspecified atom stereocenters. The zero-order chi connectivity index (χ0) is 13.9. The number of anilines is 1. The highest BCUT2D eigenvalue weighted by Crippen LogP contribution is 2.27. The predicted molar refractivity (Wildman–Crippen MR) is 78.1 cm³/mol. The van der Waals surface area contributed by atoms with E-state index in [4.69, 9.17) is 4.74 Å². The Bertz CT molecular complexity index is 752. The molecule has 2 aromatic heterocycles. The molecule has 0 radical (unpaired) electrons. The van der Waals surface area contributed by atoms with Crippen molar-refractivity contribution in [1.82, 2.24) is 15.0 Å². The summed E-state index contributed by atoms with van der Waals surface area (Å²) in [7, 11) is 1.78. The topological polar surface area (TPSA) is 59.9 Å². The zero-order valence-corrected chi connectivity index (χ0v) is 11.3. The van der Waals surface area contributed by atoms with Gasteiger partial charge >= 0.3 is 0 Å². The molecule has 1 aromatic carbocycles. The molecule has 0 aliphatic rings. The van der Waals surface area contributed by atoms with E-state index in [1.165, 1.54) is 0 Å². The third-order valence-electron chi connectivity index (χ3n) is 2.86. The average Bonchev–Trinajstić information content (AvgIpc) is 2.47. The molecule has 3 aromatic rings. The monoisotopic (exact) mass is 266 g/mol. The van der Waals surface area contributed by atoms with Gasteiger partial charge in [0.2, 0.25) is 11.8 Å². The smallest absolute Gasteiger partial charge is 0.225 e. The number of para-hydroxylation sites is 1. The van der Waals surface area contributed by atoms with Crippen molar-refractivity contribution in [1.29, 1.82) is 0 Å². The van der Waals surface area contributed by atoms with Gasteiger partial charge in [-0.1, -0.05) is 18.2 Å². The van der Waals surface area contributed by atoms with E-state index < -0.39 is 0 Å². The van der Waals surface area contributed by atoms with Crippen molar-refractivity contribution in [2.45, 2.75) is 6.92 Å². The highest BCUT2D eigenvalue weighted by Gasteiger charge is 2.07. The van der Waals surface area contributed by atoms with Crippen LogP contribution >= 0.6 is 0 Å². The highest BCUT2D eigenvalue weighted by molar-refractivity contribution is 5.84. The van der Waals surface area contributed by atoms with Gasteiger partial charge in [-0.2, -0.15) is 4.98 Å². The maximum atomic E-state index is 5.86. The molecule has 5 nitrogen and oxygen atoms in total. The molecule has 3 rings (SSSR count). The second-order valence-corrected chi connectivity index (χ2v) is 4.35. The first-order chi connectivity index (χ1) is 9.76. The Morgan fingerprint density at radius 2 is 1.95 bits per heavy atom. The fraction of sp³-hybridized carbons (Fsp3) is 0.133. The van der Waals surface area contributed by atoms with Crippen LogP contribution in [-0.2, 0) is 0 Å².